The summed E-state index contributed by atoms with van der Waals surface area (Å²) in [7, 11) is 0. The van der Waals surface area contributed by atoms with Gasteiger partial charge in [0.05, 0.1) is 37.4 Å². The number of aliphatic hydroxyl groups excluding tert-OH is 4. The lowest BCUT2D eigenvalue weighted by Gasteiger charge is -2.35. The third kappa shape index (κ3) is 26.6. The molecule has 518 valence electrons. The van der Waals surface area contributed by atoms with Gasteiger partial charge in [-0.15, -0.1) is 0 Å². The Balaban J connectivity index is 3.15. The minimum Gasteiger partial charge on any atom is -0.394 e. The molecule has 0 spiro atoms. The van der Waals surface area contributed by atoms with E-state index in [0.717, 1.165) is 6.92 Å². The first-order valence-corrected chi connectivity index (χ1v) is 30.8. The molecule has 1 aromatic carbocycles. The molecule has 0 bridgehead atoms. The van der Waals surface area contributed by atoms with Crippen LogP contribution in [0.4, 0.5) is 0 Å². The van der Waals surface area contributed by atoms with Gasteiger partial charge in [-0.05, 0) is 73.2 Å². The molecule has 32 heteroatoms. The van der Waals surface area contributed by atoms with Gasteiger partial charge in [-0.1, -0.05) is 120 Å². The number of guanidine groups is 1. The molecule has 15 atom stereocenters. The topological polar surface area (TPSA) is 532 Å². The van der Waals surface area contributed by atoms with Gasteiger partial charge in [0, 0.05) is 6.54 Å². The number of rotatable bonds is 21. The van der Waals surface area contributed by atoms with E-state index in [1.165, 1.54) is 38.1 Å². The van der Waals surface area contributed by atoms with Crippen LogP contribution >= 0.6 is 0 Å². The Hall–Kier alpha value is -8.07. The third-order valence-corrected chi connectivity index (χ3v) is 14.9. The minimum absolute atomic E-state index is 0.0173. The van der Waals surface area contributed by atoms with Crippen molar-refractivity contribution < 1.29 is 78.0 Å². The van der Waals surface area contributed by atoms with Crippen molar-refractivity contribution in [2.45, 2.75) is 213 Å². The summed E-state index contributed by atoms with van der Waals surface area (Å²) < 4.78 is 0. The molecule has 1 aliphatic rings. The van der Waals surface area contributed by atoms with Crippen molar-refractivity contribution in [3.05, 3.63) is 35.9 Å². The minimum atomic E-state index is -2.56. The zero-order valence-corrected chi connectivity index (χ0v) is 55.0. The number of carbonyl (C=O) groups excluding carboxylic acids is 12. The highest BCUT2D eigenvalue weighted by atomic mass is 16.3. The van der Waals surface area contributed by atoms with Crippen molar-refractivity contribution >= 4 is 76.8 Å². The first kappa shape index (κ1) is 80.0. The number of nitrogens with one attached hydrogen (secondary N) is 13. The summed E-state index contributed by atoms with van der Waals surface area (Å²) in [5.74, 6) is -16.5. The lowest BCUT2D eigenvalue weighted by atomic mass is 9.86. The first-order valence-electron chi connectivity index (χ1n) is 30.8. The highest BCUT2D eigenvalue weighted by molar-refractivity contribution is 6.00. The van der Waals surface area contributed by atoms with Crippen molar-refractivity contribution in [2.75, 3.05) is 19.7 Å². The van der Waals surface area contributed by atoms with Gasteiger partial charge in [0.1, 0.15) is 54.4 Å². The molecule has 92 heavy (non-hydrogen) atoms. The molecule has 1 unspecified atom stereocenters. The van der Waals surface area contributed by atoms with Gasteiger partial charge in [0.25, 0.3) is 0 Å². The van der Waals surface area contributed by atoms with Crippen LogP contribution in [0, 0.1) is 34.0 Å². The van der Waals surface area contributed by atoms with Crippen LogP contribution < -0.4 is 81.0 Å². The first-order chi connectivity index (χ1) is 42.6. The molecule has 1 heterocycles. The van der Waals surface area contributed by atoms with E-state index in [2.05, 4.69) is 58.5 Å². The summed E-state index contributed by atoms with van der Waals surface area (Å²) in [4.78, 5) is 171. The number of aliphatic hydroxyl groups is 4. The molecule has 32 nitrogen and oxygen atoms in total. The van der Waals surface area contributed by atoms with Crippen LogP contribution in [0.2, 0.25) is 0 Å². The number of benzene rings is 1. The van der Waals surface area contributed by atoms with Crippen molar-refractivity contribution in [1.82, 2.24) is 63.8 Å². The lowest BCUT2D eigenvalue weighted by Crippen LogP contribution is -2.65. The molecule has 0 saturated carbocycles. The van der Waals surface area contributed by atoms with E-state index in [-0.39, 0.29) is 56.6 Å². The molecule has 2 rings (SSSR count). The Morgan fingerprint density at radius 2 is 1.16 bits per heavy atom. The Morgan fingerprint density at radius 3 is 1.68 bits per heavy atom. The largest absolute Gasteiger partial charge is 0.394 e. The zero-order chi connectivity index (χ0) is 70.3. The van der Waals surface area contributed by atoms with E-state index in [4.69, 9.17) is 22.6 Å². The highest BCUT2D eigenvalue weighted by Crippen LogP contribution is 2.25. The van der Waals surface area contributed by atoms with E-state index in [0.29, 0.717) is 0 Å². The van der Waals surface area contributed by atoms with Crippen LogP contribution in [-0.4, -0.2) is 196 Å². The van der Waals surface area contributed by atoms with Crippen LogP contribution in [-0.2, 0) is 57.5 Å². The fourth-order valence-electron chi connectivity index (χ4n) is 9.66. The van der Waals surface area contributed by atoms with Crippen LogP contribution in [0.1, 0.15) is 140 Å². The van der Waals surface area contributed by atoms with Crippen molar-refractivity contribution in [3.63, 3.8) is 0 Å². The van der Waals surface area contributed by atoms with E-state index in [9.17, 15) is 73.2 Å². The smallest absolute Gasteiger partial charge is 0.248 e. The van der Waals surface area contributed by atoms with Crippen molar-refractivity contribution in [3.8, 4) is 0 Å². The van der Waals surface area contributed by atoms with Gasteiger partial charge in [-0.2, -0.15) is 0 Å². The summed E-state index contributed by atoms with van der Waals surface area (Å²) in [5, 5.41) is 81.3. The average Bonchev–Trinajstić information content (AvgIpc) is 0.845. The molecule has 0 radical (unpaired) electrons. The summed E-state index contributed by atoms with van der Waals surface area (Å²) in [6.07, 6.45) is -5.99. The standard InChI is InChI=1S/C60H102N16O16/c1-14-30(6)39-54(89)73-40(31(7)78)53(88)66-26-38(79)71-44(46(81)47(62)82)57(92)70-37(27-77)52(87)74-41(32-19-16-15-17-20-32)42(75-51(86)36(25-60(11,12)13)69-48(83)33(61)24-59(8,9)10)55(90)76-43(45(80)29(4)5)56(91)68-35(23-28(2)3)50(85)67-34(49(84)72-39)21-18-22-65-58(63)64/h15-17,19-20,28-31,33-37,39-46,77-78,80-81H,14,18,21-27,61H2,1-13H3,(H2,62,82)(H,66,88)(H,67,85)(H,68,91)(H,69,83)(H,70,92)(H,71,79)(H,72,84)(H,73,89)(H,74,87)(H,75,86)(H,76,90)(H4,63,64,65)/t30-,31-,33+,34+,35-,36-,37-,39-,40-,41+,42-,43?,44-,45+,46-/m0/s1. The molecule has 0 aliphatic carbocycles. The van der Waals surface area contributed by atoms with E-state index in [1.807, 2.05) is 26.1 Å². The van der Waals surface area contributed by atoms with E-state index < -0.39 is 197 Å². The second kappa shape index (κ2) is 36.8. The summed E-state index contributed by atoms with van der Waals surface area (Å²) in [6, 6.07) is -12.1. The second-order valence-corrected chi connectivity index (χ2v) is 26.5. The number of amides is 12. The quantitative estimate of drug-likeness (QED) is 0.0312. The van der Waals surface area contributed by atoms with Gasteiger partial charge in [0.2, 0.25) is 70.9 Å². The molecule has 1 aliphatic heterocycles. The maximum Gasteiger partial charge on any atom is 0.248 e. The van der Waals surface area contributed by atoms with Crippen molar-refractivity contribution in [2.24, 2.45) is 45.8 Å². The second-order valence-electron chi connectivity index (χ2n) is 26.5. The predicted molar refractivity (Wildman–Crippen MR) is 337 cm³/mol. The average molecular weight is 1300 g/mol. The zero-order valence-electron chi connectivity index (χ0n) is 55.0. The highest BCUT2D eigenvalue weighted by Gasteiger charge is 2.43. The number of primary amides is 1. The maximum absolute atomic E-state index is 15.5. The fraction of sp³-hybridized carbons (Fsp3) is 0.683. The van der Waals surface area contributed by atoms with Gasteiger partial charge >= 0.3 is 0 Å². The monoisotopic (exact) mass is 1300 g/mol. The van der Waals surface area contributed by atoms with E-state index in [1.54, 1.807) is 54.5 Å². The van der Waals surface area contributed by atoms with Crippen LogP contribution in [0.5, 0.6) is 0 Å². The molecular weight excluding hydrogens is 1200 g/mol. The van der Waals surface area contributed by atoms with Crippen LogP contribution in [0.3, 0.4) is 0 Å². The predicted octanol–water partition coefficient (Wildman–Crippen LogP) is -4.87. The third-order valence-electron chi connectivity index (χ3n) is 14.9. The number of nitrogens with two attached hydrogens (primary N) is 3. The Morgan fingerprint density at radius 1 is 0.641 bits per heavy atom. The SMILES string of the molecule is CC[C@H](C)[C@@H]1NC(=O)[C@@H](CCCNC(=N)N)NC(=O)[C@H](CC(C)C)NC(=O)C([C@H](O)C(C)C)NC(=O)[C@@H](NC(=O)[C@H](CC(C)(C)C)NC(=O)[C@H](N)CC(C)(C)C)[C@@H](c2ccccc2)NC(=O)[C@H](CO)NC(=O)[C@H]([C@H](O)C(N)=O)NC(=O)CNC(=O)[C@H]([C@H](C)O)NC1=O. The molecule has 1 fully saturated rings. The fourth-order valence-corrected chi connectivity index (χ4v) is 9.66. The maximum atomic E-state index is 15.5. The molecular formula is C60H102N16O16. The molecule has 23 N–H and O–H groups in total. The Kier molecular flexibility index (Phi) is 32.0. The molecule has 1 saturated heterocycles. The van der Waals surface area contributed by atoms with Crippen molar-refractivity contribution in [1.29, 1.82) is 5.41 Å². The Labute approximate surface area is 537 Å². The normalized spacial score (nSPS) is 24.7. The van der Waals surface area contributed by atoms with Crippen LogP contribution in [0.15, 0.2) is 30.3 Å². The van der Waals surface area contributed by atoms with E-state index >= 15 is 4.79 Å². The Bertz CT molecular complexity index is 2720. The lowest BCUT2D eigenvalue weighted by molar-refractivity contribution is -0.140. The van der Waals surface area contributed by atoms with Gasteiger partial charge in [-0.25, -0.2) is 0 Å². The number of carbonyl (C=O) groups is 12. The summed E-state index contributed by atoms with van der Waals surface area (Å²) in [6.45, 7) is 19.3. The van der Waals surface area contributed by atoms with Gasteiger partial charge < -0.3 is 101 Å². The van der Waals surface area contributed by atoms with Crippen LogP contribution in [0.25, 0.3) is 0 Å². The molecule has 1 aromatic rings. The summed E-state index contributed by atoms with van der Waals surface area (Å²) in [5.41, 5.74) is 16.1. The molecule has 12 amide bonds. The number of hydrogen-bond acceptors (Lipinski definition) is 18. The molecule has 0 aromatic heterocycles. The van der Waals surface area contributed by atoms with Gasteiger partial charge in [-0.3, -0.25) is 62.9 Å². The number of hydrogen-bond donors (Lipinski definition) is 20. The van der Waals surface area contributed by atoms with Gasteiger partial charge in [0.15, 0.2) is 12.1 Å². The summed E-state index contributed by atoms with van der Waals surface area (Å²) >= 11 is 0.